The van der Waals surface area contributed by atoms with Crippen LogP contribution < -0.4 is 10.6 Å². The normalized spacial score (nSPS) is 21.9. The Morgan fingerprint density at radius 3 is 1.89 bits per heavy atom. The highest BCUT2D eigenvalue weighted by atomic mass is 16.1. The summed E-state index contributed by atoms with van der Waals surface area (Å²) in [6, 6.07) is 0. The van der Waals surface area contributed by atoms with Crippen LogP contribution in [0.2, 0.25) is 0 Å². The van der Waals surface area contributed by atoms with Gasteiger partial charge in [0.15, 0.2) is 0 Å². The first-order valence-electron chi connectivity index (χ1n) is 7.24. The van der Waals surface area contributed by atoms with E-state index >= 15 is 0 Å². The van der Waals surface area contributed by atoms with Gasteiger partial charge in [-0.25, -0.2) is 0 Å². The monoisotopic (exact) mass is 255 g/mol. The molecule has 0 radical (unpaired) electrons. The van der Waals surface area contributed by atoms with Crippen LogP contribution in [0.15, 0.2) is 0 Å². The summed E-state index contributed by atoms with van der Waals surface area (Å²) in [5.41, 5.74) is -0.155. The van der Waals surface area contributed by atoms with Crippen molar-refractivity contribution in [2.24, 2.45) is 5.41 Å². The lowest BCUT2D eigenvalue weighted by Crippen LogP contribution is -2.39. The van der Waals surface area contributed by atoms with E-state index in [1.807, 2.05) is 13.8 Å². The smallest absolute Gasteiger partial charge is 0.126 e. The number of aldehydes is 1. The molecule has 0 bridgehead atoms. The van der Waals surface area contributed by atoms with Crippen LogP contribution in [0.3, 0.4) is 0 Å². The molecule has 0 aromatic heterocycles. The van der Waals surface area contributed by atoms with Crippen molar-refractivity contribution in [2.75, 3.05) is 45.8 Å². The van der Waals surface area contributed by atoms with Crippen molar-refractivity contribution in [2.45, 2.75) is 33.1 Å². The van der Waals surface area contributed by atoms with E-state index in [1.54, 1.807) is 0 Å². The maximum atomic E-state index is 10.7. The Kier molecular flexibility index (Phi) is 7.47. The molecule has 106 valence electrons. The quantitative estimate of drug-likeness (QED) is 0.735. The largest absolute Gasteiger partial charge is 0.314 e. The predicted octanol–water partition coefficient (Wildman–Crippen LogP) is 0.877. The Morgan fingerprint density at radius 2 is 1.50 bits per heavy atom. The van der Waals surface area contributed by atoms with Gasteiger partial charge in [0.05, 0.1) is 0 Å². The Morgan fingerprint density at radius 1 is 1.00 bits per heavy atom. The Hall–Kier alpha value is -0.450. The summed E-state index contributed by atoms with van der Waals surface area (Å²) in [6.07, 6.45) is 5.03. The molecular formula is C14H29N3O. The summed E-state index contributed by atoms with van der Waals surface area (Å²) in [7, 11) is 0. The highest BCUT2D eigenvalue weighted by molar-refractivity contribution is 5.58. The molecule has 0 atom stereocenters. The molecule has 0 unspecified atom stereocenters. The SMILES string of the molecule is C1CNCCN1.CC(C)(C=O)CN1CCCCC1. The second-order valence-electron chi connectivity index (χ2n) is 5.94. The number of carbonyl (C=O) groups excluding carboxylic acids is 1. The van der Waals surface area contributed by atoms with E-state index in [4.69, 9.17) is 0 Å². The molecule has 4 nitrogen and oxygen atoms in total. The number of carbonyl (C=O) groups is 1. The minimum absolute atomic E-state index is 0.155. The fourth-order valence-corrected chi connectivity index (χ4v) is 2.33. The van der Waals surface area contributed by atoms with E-state index in [-0.39, 0.29) is 5.41 Å². The maximum absolute atomic E-state index is 10.7. The Bertz CT molecular complexity index is 210. The van der Waals surface area contributed by atoms with Crippen molar-refractivity contribution >= 4 is 6.29 Å². The zero-order valence-corrected chi connectivity index (χ0v) is 12.0. The zero-order valence-electron chi connectivity index (χ0n) is 12.0. The predicted molar refractivity (Wildman–Crippen MR) is 75.9 cm³/mol. The number of hydrogen-bond donors (Lipinski definition) is 2. The lowest BCUT2D eigenvalue weighted by atomic mass is 9.94. The highest BCUT2D eigenvalue weighted by Crippen LogP contribution is 2.17. The second-order valence-corrected chi connectivity index (χ2v) is 5.94. The molecule has 0 spiro atoms. The molecule has 2 N–H and O–H groups in total. The molecule has 0 aliphatic carbocycles. The van der Waals surface area contributed by atoms with E-state index in [2.05, 4.69) is 15.5 Å². The Labute approximate surface area is 111 Å². The summed E-state index contributed by atoms with van der Waals surface area (Å²) in [5, 5.41) is 6.44. The van der Waals surface area contributed by atoms with Gasteiger partial charge in [-0.1, -0.05) is 20.3 Å². The van der Waals surface area contributed by atoms with Crippen LogP contribution in [0.4, 0.5) is 0 Å². The third-order valence-corrected chi connectivity index (χ3v) is 3.36. The van der Waals surface area contributed by atoms with Gasteiger partial charge in [0, 0.05) is 38.1 Å². The molecule has 2 rings (SSSR count). The number of rotatable bonds is 3. The molecule has 2 heterocycles. The van der Waals surface area contributed by atoms with Gasteiger partial charge in [-0.3, -0.25) is 0 Å². The molecule has 2 saturated heterocycles. The molecule has 0 saturated carbocycles. The van der Waals surface area contributed by atoms with Gasteiger partial charge < -0.3 is 20.3 Å². The number of nitrogens with one attached hydrogen (secondary N) is 2. The van der Waals surface area contributed by atoms with Crippen molar-refractivity contribution in [3.05, 3.63) is 0 Å². The fourth-order valence-electron chi connectivity index (χ4n) is 2.33. The van der Waals surface area contributed by atoms with Crippen molar-refractivity contribution in [1.82, 2.24) is 15.5 Å². The van der Waals surface area contributed by atoms with Gasteiger partial charge in [-0.2, -0.15) is 0 Å². The summed E-state index contributed by atoms with van der Waals surface area (Å²) < 4.78 is 0. The number of piperidine rings is 1. The third-order valence-electron chi connectivity index (χ3n) is 3.36. The summed E-state index contributed by atoms with van der Waals surface area (Å²) in [6.45, 7) is 11.9. The molecular weight excluding hydrogens is 226 g/mol. The molecule has 0 aromatic rings. The van der Waals surface area contributed by atoms with Crippen LogP contribution in [0.5, 0.6) is 0 Å². The zero-order chi connectivity index (χ0) is 13.3. The minimum Gasteiger partial charge on any atom is -0.314 e. The second kappa shape index (κ2) is 8.62. The van der Waals surface area contributed by atoms with Gasteiger partial charge in [-0.15, -0.1) is 0 Å². The van der Waals surface area contributed by atoms with Gasteiger partial charge in [-0.05, 0) is 25.9 Å². The first-order valence-corrected chi connectivity index (χ1v) is 7.24. The summed E-state index contributed by atoms with van der Waals surface area (Å²) in [4.78, 5) is 13.1. The van der Waals surface area contributed by atoms with E-state index in [0.717, 1.165) is 39.0 Å². The van der Waals surface area contributed by atoms with E-state index < -0.39 is 0 Å². The molecule has 0 aromatic carbocycles. The molecule has 0 amide bonds. The number of piperazine rings is 1. The van der Waals surface area contributed by atoms with Crippen LogP contribution in [0, 0.1) is 5.41 Å². The number of hydrogen-bond acceptors (Lipinski definition) is 4. The standard InChI is InChI=1S/C10H19NO.C4H10N2/c1-10(2,9-12)8-11-6-4-3-5-7-11;1-2-6-4-3-5-1/h9H,3-8H2,1-2H3;5-6H,1-4H2. The minimum atomic E-state index is -0.155. The van der Waals surface area contributed by atoms with Crippen molar-refractivity contribution in [1.29, 1.82) is 0 Å². The van der Waals surface area contributed by atoms with E-state index in [9.17, 15) is 4.79 Å². The lowest BCUT2D eigenvalue weighted by molar-refractivity contribution is -0.115. The maximum Gasteiger partial charge on any atom is 0.126 e. The average Bonchev–Trinajstić information content (AvgIpc) is 2.42. The van der Waals surface area contributed by atoms with Gasteiger partial charge in [0.1, 0.15) is 6.29 Å². The molecule has 2 fully saturated rings. The van der Waals surface area contributed by atoms with Gasteiger partial charge >= 0.3 is 0 Å². The lowest BCUT2D eigenvalue weighted by Gasteiger charge is -2.31. The van der Waals surface area contributed by atoms with Crippen LogP contribution in [0.1, 0.15) is 33.1 Å². The van der Waals surface area contributed by atoms with Crippen LogP contribution in [-0.2, 0) is 4.79 Å². The first-order chi connectivity index (χ1) is 8.64. The number of nitrogens with zero attached hydrogens (tertiary/aromatic N) is 1. The van der Waals surface area contributed by atoms with Crippen molar-refractivity contribution in [3.63, 3.8) is 0 Å². The molecule has 4 heteroatoms. The van der Waals surface area contributed by atoms with E-state index in [0.29, 0.717) is 0 Å². The summed E-state index contributed by atoms with van der Waals surface area (Å²) in [5.74, 6) is 0. The third kappa shape index (κ3) is 7.09. The van der Waals surface area contributed by atoms with Gasteiger partial charge in [0.25, 0.3) is 0 Å². The summed E-state index contributed by atoms with van der Waals surface area (Å²) >= 11 is 0. The van der Waals surface area contributed by atoms with Crippen molar-refractivity contribution < 1.29 is 4.79 Å². The highest BCUT2D eigenvalue weighted by Gasteiger charge is 2.21. The van der Waals surface area contributed by atoms with Crippen LogP contribution >= 0.6 is 0 Å². The fraction of sp³-hybridized carbons (Fsp3) is 0.929. The number of likely N-dealkylation sites (tertiary alicyclic amines) is 1. The molecule has 18 heavy (non-hydrogen) atoms. The molecule has 2 aliphatic rings. The van der Waals surface area contributed by atoms with Crippen molar-refractivity contribution in [3.8, 4) is 0 Å². The van der Waals surface area contributed by atoms with Crippen LogP contribution in [-0.4, -0.2) is 57.0 Å². The van der Waals surface area contributed by atoms with Gasteiger partial charge in [0.2, 0.25) is 0 Å². The Balaban J connectivity index is 0.000000225. The van der Waals surface area contributed by atoms with Crippen LogP contribution in [0.25, 0.3) is 0 Å². The first kappa shape index (κ1) is 15.6. The van der Waals surface area contributed by atoms with E-state index in [1.165, 1.54) is 32.4 Å². The topological polar surface area (TPSA) is 44.4 Å². The average molecular weight is 255 g/mol. The molecule has 2 aliphatic heterocycles.